The highest BCUT2D eigenvalue weighted by Crippen LogP contribution is 2.34. The van der Waals surface area contributed by atoms with Gasteiger partial charge in [0.05, 0.1) is 39.6 Å². The largest absolute Gasteiger partial charge is 0.492 e. The number of hydrogen-bond donors (Lipinski definition) is 0. The summed E-state index contributed by atoms with van der Waals surface area (Å²) in [5, 5.41) is 0. The monoisotopic (exact) mass is 242 g/mol. The normalized spacial score (nSPS) is 14.8. The minimum atomic E-state index is -0.560. The molecule has 94 valence electrons. The van der Waals surface area contributed by atoms with Crippen LogP contribution in [0.2, 0.25) is 0 Å². The molecule has 0 aromatic rings. The van der Waals surface area contributed by atoms with Gasteiger partial charge in [0.2, 0.25) is 0 Å². The van der Waals surface area contributed by atoms with Gasteiger partial charge >= 0.3 is 11.9 Å². The van der Waals surface area contributed by atoms with Gasteiger partial charge in [-0.15, -0.1) is 0 Å². The van der Waals surface area contributed by atoms with Crippen LogP contribution >= 0.6 is 0 Å². The first-order valence-corrected chi connectivity index (χ1v) is 4.81. The zero-order valence-corrected chi connectivity index (χ0v) is 10.2. The fourth-order valence-corrected chi connectivity index (χ4v) is 1.62. The summed E-state index contributed by atoms with van der Waals surface area (Å²) in [7, 11) is 5.28. The first kappa shape index (κ1) is 13.1. The number of methoxy groups -OCH3 is 4. The van der Waals surface area contributed by atoms with Crippen LogP contribution in [0.3, 0.4) is 0 Å². The summed E-state index contributed by atoms with van der Waals surface area (Å²) in [6.45, 7) is 0. The quantitative estimate of drug-likeness (QED) is 0.670. The molecule has 0 amide bonds. The van der Waals surface area contributed by atoms with E-state index >= 15 is 0 Å². The van der Waals surface area contributed by atoms with E-state index in [0.29, 0.717) is 0 Å². The van der Waals surface area contributed by atoms with Crippen LogP contribution in [-0.2, 0) is 28.5 Å². The molecule has 0 aromatic heterocycles. The second-order valence-corrected chi connectivity index (χ2v) is 3.18. The van der Waals surface area contributed by atoms with Gasteiger partial charge in [0.1, 0.15) is 0 Å². The summed E-state index contributed by atoms with van der Waals surface area (Å²) in [6, 6.07) is 0. The number of rotatable bonds is 4. The summed E-state index contributed by atoms with van der Waals surface area (Å²) in [5.41, 5.74) is 0.486. The van der Waals surface area contributed by atoms with Crippen molar-refractivity contribution in [2.75, 3.05) is 28.4 Å². The fourth-order valence-electron chi connectivity index (χ4n) is 1.62. The Labute approximate surface area is 98.8 Å². The zero-order valence-electron chi connectivity index (χ0n) is 10.2. The van der Waals surface area contributed by atoms with Crippen molar-refractivity contribution in [3.05, 3.63) is 22.7 Å². The minimum Gasteiger partial charge on any atom is -0.492 e. The van der Waals surface area contributed by atoms with Gasteiger partial charge in [-0.25, -0.2) is 9.59 Å². The summed E-state index contributed by atoms with van der Waals surface area (Å²) < 4.78 is 19.3. The lowest BCUT2D eigenvalue weighted by molar-refractivity contribution is -0.136. The number of carbonyl (C=O) groups is 2. The van der Waals surface area contributed by atoms with E-state index in [0.717, 1.165) is 0 Å². The second kappa shape index (κ2) is 5.38. The average molecular weight is 242 g/mol. The standard InChI is InChI=1S/C11H14O6/c1-14-8-6(10(12)16-3)5-7(9(8)15-2)11(13)17-4/h5H2,1-4H3. The highest BCUT2D eigenvalue weighted by molar-refractivity contribution is 5.99. The van der Waals surface area contributed by atoms with E-state index in [-0.39, 0.29) is 29.1 Å². The van der Waals surface area contributed by atoms with Gasteiger partial charge < -0.3 is 18.9 Å². The van der Waals surface area contributed by atoms with E-state index in [2.05, 4.69) is 9.47 Å². The van der Waals surface area contributed by atoms with E-state index in [1.54, 1.807) is 0 Å². The Bertz CT molecular complexity index is 366. The van der Waals surface area contributed by atoms with Gasteiger partial charge in [-0.3, -0.25) is 0 Å². The highest BCUT2D eigenvalue weighted by atomic mass is 16.5. The maximum absolute atomic E-state index is 11.5. The molecule has 0 unspecified atom stereocenters. The smallest absolute Gasteiger partial charge is 0.337 e. The van der Waals surface area contributed by atoms with Crippen LogP contribution in [0.15, 0.2) is 22.7 Å². The fraction of sp³-hybridized carbons (Fsp3) is 0.455. The lowest BCUT2D eigenvalue weighted by Crippen LogP contribution is -2.08. The molecular formula is C11H14O6. The van der Waals surface area contributed by atoms with Gasteiger partial charge in [-0.1, -0.05) is 0 Å². The Morgan fingerprint density at radius 2 is 1.18 bits per heavy atom. The first-order valence-electron chi connectivity index (χ1n) is 4.81. The molecule has 17 heavy (non-hydrogen) atoms. The zero-order chi connectivity index (χ0) is 13.0. The Hall–Kier alpha value is -1.98. The molecule has 0 aliphatic heterocycles. The van der Waals surface area contributed by atoms with Crippen LogP contribution in [-0.4, -0.2) is 40.4 Å². The summed E-state index contributed by atoms with van der Waals surface area (Å²) in [4.78, 5) is 23.0. The van der Waals surface area contributed by atoms with Crippen molar-refractivity contribution in [3.8, 4) is 0 Å². The predicted molar refractivity (Wildman–Crippen MR) is 56.7 cm³/mol. The van der Waals surface area contributed by atoms with Gasteiger partial charge in [-0.2, -0.15) is 0 Å². The molecule has 0 saturated carbocycles. The molecule has 0 saturated heterocycles. The maximum atomic E-state index is 11.5. The van der Waals surface area contributed by atoms with Crippen molar-refractivity contribution in [1.82, 2.24) is 0 Å². The van der Waals surface area contributed by atoms with Gasteiger partial charge in [0.15, 0.2) is 11.5 Å². The Kier molecular flexibility index (Phi) is 4.14. The molecule has 1 aliphatic carbocycles. The summed E-state index contributed by atoms with van der Waals surface area (Å²) >= 11 is 0. The van der Waals surface area contributed by atoms with Crippen molar-refractivity contribution in [2.45, 2.75) is 6.42 Å². The molecular weight excluding hydrogens is 228 g/mol. The lowest BCUT2D eigenvalue weighted by Gasteiger charge is -2.08. The summed E-state index contributed by atoms with van der Waals surface area (Å²) in [5.74, 6) is -0.704. The third-order valence-electron chi connectivity index (χ3n) is 2.38. The van der Waals surface area contributed by atoms with Crippen LogP contribution in [0.25, 0.3) is 0 Å². The molecule has 0 heterocycles. The molecule has 0 bridgehead atoms. The number of ether oxygens (including phenoxy) is 4. The van der Waals surface area contributed by atoms with Crippen molar-refractivity contribution in [1.29, 1.82) is 0 Å². The number of esters is 2. The topological polar surface area (TPSA) is 71.1 Å². The molecule has 6 heteroatoms. The minimum absolute atomic E-state index is 0.0751. The molecule has 0 spiro atoms. The van der Waals surface area contributed by atoms with Crippen molar-refractivity contribution in [3.63, 3.8) is 0 Å². The lowest BCUT2D eigenvalue weighted by atomic mass is 10.1. The van der Waals surface area contributed by atoms with E-state index < -0.39 is 11.9 Å². The maximum Gasteiger partial charge on any atom is 0.337 e. The van der Waals surface area contributed by atoms with Crippen molar-refractivity contribution in [2.24, 2.45) is 0 Å². The van der Waals surface area contributed by atoms with Crippen LogP contribution in [0.1, 0.15) is 6.42 Å². The Morgan fingerprint density at radius 1 is 0.824 bits per heavy atom. The van der Waals surface area contributed by atoms with Gasteiger partial charge in [-0.05, 0) is 0 Å². The summed E-state index contributed by atoms with van der Waals surface area (Å²) in [6.07, 6.45) is 0.0751. The predicted octanol–water partition coefficient (Wildman–Crippen LogP) is 0.537. The molecule has 1 rings (SSSR count). The third kappa shape index (κ3) is 2.25. The molecule has 0 atom stereocenters. The molecule has 0 radical (unpaired) electrons. The average Bonchev–Trinajstić information content (AvgIpc) is 2.74. The Balaban J connectivity index is 3.17. The van der Waals surface area contributed by atoms with Gasteiger partial charge in [0, 0.05) is 6.42 Å². The van der Waals surface area contributed by atoms with E-state index in [9.17, 15) is 9.59 Å². The third-order valence-corrected chi connectivity index (χ3v) is 2.38. The molecule has 6 nitrogen and oxygen atoms in total. The van der Waals surface area contributed by atoms with Crippen LogP contribution in [0, 0.1) is 0 Å². The highest BCUT2D eigenvalue weighted by Gasteiger charge is 2.35. The van der Waals surface area contributed by atoms with Crippen molar-refractivity contribution < 1.29 is 28.5 Å². The van der Waals surface area contributed by atoms with Crippen LogP contribution < -0.4 is 0 Å². The van der Waals surface area contributed by atoms with Gasteiger partial charge in [0.25, 0.3) is 0 Å². The van der Waals surface area contributed by atoms with Crippen LogP contribution in [0.5, 0.6) is 0 Å². The molecule has 0 fully saturated rings. The molecule has 0 aromatic carbocycles. The Morgan fingerprint density at radius 3 is 1.41 bits per heavy atom. The van der Waals surface area contributed by atoms with E-state index in [1.165, 1.54) is 28.4 Å². The van der Waals surface area contributed by atoms with E-state index in [4.69, 9.17) is 9.47 Å². The molecule has 0 N–H and O–H groups in total. The number of carbonyl (C=O) groups excluding carboxylic acids is 2. The first-order chi connectivity index (χ1) is 8.10. The van der Waals surface area contributed by atoms with E-state index in [1.807, 2.05) is 0 Å². The number of hydrogen-bond acceptors (Lipinski definition) is 6. The second-order valence-electron chi connectivity index (χ2n) is 3.18. The van der Waals surface area contributed by atoms with Crippen LogP contribution in [0.4, 0.5) is 0 Å². The van der Waals surface area contributed by atoms with Crippen molar-refractivity contribution >= 4 is 11.9 Å². The molecule has 1 aliphatic rings. The SMILES string of the molecule is COC(=O)C1=C(OC)C(OC)=C(C(=O)OC)C1.